The molecule has 2 aromatic carbocycles. The van der Waals surface area contributed by atoms with Gasteiger partial charge >= 0.3 is 6.03 Å². The Balaban J connectivity index is 1.87. The normalized spacial score (nSPS) is 12.9. The van der Waals surface area contributed by atoms with Crippen LogP contribution < -0.4 is 25.4 Å². The molecule has 0 atom stereocenters. The van der Waals surface area contributed by atoms with Crippen LogP contribution >= 0.6 is 0 Å². The number of nitrogens with zero attached hydrogens (tertiary/aromatic N) is 1. The molecule has 1 aliphatic heterocycles. The smallest absolute Gasteiger partial charge is 0.319 e. The Morgan fingerprint density at radius 1 is 0.939 bits per heavy atom. The van der Waals surface area contributed by atoms with E-state index in [4.69, 9.17) is 9.47 Å². The minimum atomic E-state index is -0.425. The molecule has 0 radical (unpaired) electrons. The fourth-order valence-corrected chi connectivity index (χ4v) is 3.61. The third-order valence-electron chi connectivity index (χ3n) is 5.20. The van der Waals surface area contributed by atoms with E-state index in [9.17, 15) is 14.4 Å². The van der Waals surface area contributed by atoms with E-state index < -0.39 is 5.91 Å². The molecule has 1 saturated heterocycles. The minimum absolute atomic E-state index is 0.0203. The standard InChI is InChI=1S/C24H30N4O5/c1-15(2)25-24(31)26-17-9-7-8-16(12-17)22(29)27-19-14-21(33-4)20(32-3)13-18(19)23(30)28-10-5-6-11-28/h7-9,12-15H,5-6,10-11H2,1-4H3,(H,27,29)(H2,25,26,31). The lowest BCUT2D eigenvalue weighted by Gasteiger charge is -2.20. The summed E-state index contributed by atoms with van der Waals surface area (Å²) >= 11 is 0. The van der Waals surface area contributed by atoms with Crippen molar-refractivity contribution in [3.8, 4) is 11.5 Å². The fourth-order valence-electron chi connectivity index (χ4n) is 3.61. The lowest BCUT2D eigenvalue weighted by Crippen LogP contribution is -2.34. The summed E-state index contributed by atoms with van der Waals surface area (Å²) in [5.74, 6) is 0.196. The van der Waals surface area contributed by atoms with Crippen LogP contribution in [0.25, 0.3) is 0 Å². The first-order valence-electron chi connectivity index (χ1n) is 10.9. The van der Waals surface area contributed by atoms with E-state index in [1.165, 1.54) is 14.2 Å². The van der Waals surface area contributed by atoms with Crippen molar-refractivity contribution in [2.24, 2.45) is 0 Å². The second-order valence-electron chi connectivity index (χ2n) is 8.04. The van der Waals surface area contributed by atoms with Gasteiger partial charge in [0.15, 0.2) is 11.5 Å². The maximum atomic E-state index is 13.1. The number of hydrogen-bond acceptors (Lipinski definition) is 5. The van der Waals surface area contributed by atoms with Gasteiger partial charge in [0.1, 0.15) is 0 Å². The first-order valence-corrected chi connectivity index (χ1v) is 10.9. The summed E-state index contributed by atoms with van der Waals surface area (Å²) in [7, 11) is 2.98. The number of methoxy groups -OCH3 is 2. The molecule has 176 valence electrons. The van der Waals surface area contributed by atoms with Crippen molar-refractivity contribution in [1.29, 1.82) is 0 Å². The molecular weight excluding hydrogens is 424 g/mol. The van der Waals surface area contributed by atoms with E-state index in [0.29, 0.717) is 47.1 Å². The number of carbonyl (C=O) groups is 3. The van der Waals surface area contributed by atoms with E-state index in [-0.39, 0.29) is 18.0 Å². The van der Waals surface area contributed by atoms with Crippen molar-refractivity contribution in [3.05, 3.63) is 47.5 Å². The highest BCUT2D eigenvalue weighted by atomic mass is 16.5. The number of carbonyl (C=O) groups excluding carboxylic acids is 3. The topological polar surface area (TPSA) is 109 Å². The van der Waals surface area contributed by atoms with Crippen LogP contribution in [0.1, 0.15) is 47.4 Å². The Hall–Kier alpha value is -3.75. The average Bonchev–Trinajstić information content (AvgIpc) is 3.32. The number of nitrogens with one attached hydrogen (secondary N) is 3. The van der Waals surface area contributed by atoms with Crippen molar-refractivity contribution in [1.82, 2.24) is 10.2 Å². The zero-order valence-corrected chi connectivity index (χ0v) is 19.4. The molecule has 3 rings (SSSR count). The quantitative estimate of drug-likeness (QED) is 0.591. The molecule has 3 N–H and O–H groups in total. The summed E-state index contributed by atoms with van der Waals surface area (Å²) in [6, 6.07) is 9.35. The average molecular weight is 455 g/mol. The highest BCUT2D eigenvalue weighted by molar-refractivity contribution is 6.10. The van der Waals surface area contributed by atoms with E-state index in [0.717, 1.165) is 12.8 Å². The Labute approximate surface area is 193 Å². The van der Waals surface area contributed by atoms with Gasteiger partial charge in [-0.3, -0.25) is 9.59 Å². The third kappa shape index (κ3) is 5.94. The Morgan fingerprint density at radius 2 is 1.61 bits per heavy atom. The zero-order chi connectivity index (χ0) is 24.0. The first-order chi connectivity index (χ1) is 15.8. The summed E-state index contributed by atoms with van der Waals surface area (Å²) in [5, 5.41) is 8.26. The summed E-state index contributed by atoms with van der Waals surface area (Å²) in [5.41, 5.74) is 1.45. The Bertz CT molecular complexity index is 1030. The number of urea groups is 1. The number of amides is 4. The maximum Gasteiger partial charge on any atom is 0.319 e. The highest BCUT2D eigenvalue weighted by Gasteiger charge is 2.25. The van der Waals surface area contributed by atoms with Gasteiger partial charge in [0.25, 0.3) is 11.8 Å². The molecule has 4 amide bonds. The van der Waals surface area contributed by atoms with E-state index >= 15 is 0 Å². The lowest BCUT2D eigenvalue weighted by atomic mass is 10.1. The molecular formula is C24H30N4O5. The van der Waals surface area contributed by atoms with Gasteiger partial charge in [0, 0.05) is 36.4 Å². The van der Waals surface area contributed by atoms with E-state index in [1.807, 2.05) is 13.8 Å². The van der Waals surface area contributed by atoms with Crippen LogP contribution in [-0.4, -0.2) is 56.1 Å². The van der Waals surface area contributed by atoms with Crippen molar-refractivity contribution < 1.29 is 23.9 Å². The van der Waals surface area contributed by atoms with Gasteiger partial charge in [-0.1, -0.05) is 6.07 Å². The van der Waals surface area contributed by atoms with Gasteiger partial charge < -0.3 is 30.3 Å². The monoisotopic (exact) mass is 454 g/mol. The molecule has 0 spiro atoms. The van der Waals surface area contributed by atoms with Gasteiger partial charge in [-0.25, -0.2) is 4.79 Å². The first kappa shape index (κ1) is 23.9. The van der Waals surface area contributed by atoms with E-state index in [2.05, 4.69) is 16.0 Å². The van der Waals surface area contributed by atoms with Gasteiger partial charge in [-0.2, -0.15) is 0 Å². The lowest BCUT2D eigenvalue weighted by molar-refractivity contribution is 0.0793. The number of anilines is 2. The predicted octanol–water partition coefficient (Wildman–Crippen LogP) is 3.72. The Kier molecular flexibility index (Phi) is 7.76. The molecule has 33 heavy (non-hydrogen) atoms. The van der Waals surface area contributed by atoms with Crippen LogP contribution in [0.2, 0.25) is 0 Å². The second-order valence-corrected chi connectivity index (χ2v) is 8.04. The largest absolute Gasteiger partial charge is 0.493 e. The number of ether oxygens (including phenoxy) is 2. The van der Waals surface area contributed by atoms with E-state index in [1.54, 1.807) is 41.3 Å². The molecule has 9 heteroatoms. The van der Waals surface area contributed by atoms with Crippen LogP contribution in [0.5, 0.6) is 11.5 Å². The van der Waals surface area contributed by atoms with Gasteiger partial charge in [0.05, 0.1) is 25.5 Å². The minimum Gasteiger partial charge on any atom is -0.493 e. The second kappa shape index (κ2) is 10.7. The number of likely N-dealkylation sites (tertiary alicyclic amines) is 1. The molecule has 1 fully saturated rings. The number of hydrogen-bond donors (Lipinski definition) is 3. The molecule has 1 heterocycles. The summed E-state index contributed by atoms with van der Waals surface area (Å²) in [4.78, 5) is 39.9. The van der Waals surface area contributed by atoms with Crippen LogP contribution in [0.4, 0.5) is 16.2 Å². The van der Waals surface area contributed by atoms with Crippen LogP contribution in [-0.2, 0) is 0 Å². The molecule has 2 aromatic rings. The van der Waals surface area contributed by atoms with Crippen molar-refractivity contribution in [2.45, 2.75) is 32.7 Å². The molecule has 0 saturated carbocycles. The van der Waals surface area contributed by atoms with Crippen LogP contribution in [0, 0.1) is 0 Å². The number of rotatable bonds is 7. The fraction of sp³-hybridized carbons (Fsp3) is 0.375. The summed E-state index contributed by atoms with van der Waals surface area (Å²) < 4.78 is 10.7. The maximum absolute atomic E-state index is 13.1. The zero-order valence-electron chi connectivity index (χ0n) is 19.4. The van der Waals surface area contributed by atoms with Gasteiger partial charge in [0.2, 0.25) is 0 Å². The summed E-state index contributed by atoms with van der Waals surface area (Å²) in [6.07, 6.45) is 1.90. The predicted molar refractivity (Wildman–Crippen MR) is 126 cm³/mol. The number of benzene rings is 2. The third-order valence-corrected chi connectivity index (χ3v) is 5.20. The van der Waals surface area contributed by atoms with Crippen molar-refractivity contribution in [3.63, 3.8) is 0 Å². The SMILES string of the molecule is COc1cc(NC(=O)c2cccc(NC(=O)NC(C)C)c2)c(C(=O)N2CCCC2)cc1OC. The molecule has 0 aliphatic carbocycles. The van der Waals surface area contributed by atoms with Gasteiger partial charge in [-0.15, -0.1) is 0 Å². The summed E-state index contributed by atoms with van der Waals surface area (Å²) in [6.45, 7) is 5.06. The highest BCUT2D eigenvalue weighted by Crippen LogP contribution is 2.34. The van der Waals surface area contributed by atoms with Crippen molar-refractivity contribution in [2.75, 3.05) is 37.9 Å². The van der Waals surface area contributed by atoms with Crippen LogP contribution in [0.3, 0.4) is 0 Å². The van der Waals surface area contributed by atoms with Crippen LogP contribution in [0.15, 0.2) is 36.4 Å². The molecule has 0 bridgehead atoms. The molecule has 0 unspecified atom stereocenters. The van der Waals surface area contributed by atoms with Crippen molar-refractivity contribution >= 4 is 29.2 Å². The molecule has 1 aliphatic rings. The van der Waals surface area contributed by atoms with Gasteiger partial charge in [-0.05, 0) is 51.0 Å². The molecule has 9 nitrogen and oxygen atoms in total. The Morgan fingerprint density at radius 3 is 2.24 bits per heavy atom. The molecule has 0 aromatic heterocycles.